The zero-order valence-electron chi connectivity index (χ0n) is 11.4. The van der Waals surface area contributed by atoms with Crippen LogP contribution in [0.2, 0.25) is 0 Å². The van der Waals surface area contributed by atoms with Gasteiger partial charge in [-0.15, -0.1) is 23.7 Å². The van der Waals surface area contributed by atoms with E-state index in [1.54, 1.807) is 12.1 Å². The molecular formula is C13H20ClN3O2S. The number of piperidine rings is 1. The van der Waals surface area contributed by atoms with Crippen molar-refractivity contribution in [3.8, 4) is 0 Å². The summed E-state index contributed by atoms with van der Waals surface area (Å²) in [6, 6.07) is 3.36. The fraction of sp³-hybridized carbons (Fsp3) is 0.538. The van der Waals surface area contributed by atoms with Crippen LogP contribution in [-0.2, 0) is 0 Å². The maximum Gasteiger partial charge on any atom is 0.264 e. The molecule has 2 rings (SSSR count). The number of rotatable bonds is 3. The quantitative estimate of drug-likeness (QED) is 0.884. The van der Waals surface area contributed by atoms with Gasteiger partial charge in [0.1, 0.15) is 0 Å². The predicted molar refractivity (Wildman–Crippen MR) is 82.4 cm³/mol. The fourth-order valence-corrected chi connectivity index (χ4v) is 3.28. The summed E-state index contributed by atoms with van der Waals surface area (Å²) < 4.78 is 0. The van der Waals surface area contributed by atoms with Gasteiger partial charge in [-0.25, -0.2) is 0 Å². The molecule has 20 heavy (non-hydrogen) atoms. The Kier molecular flexibility index (Phi) is 5.98. The van der Waals surface area contributed by atoms with Gasteiger partial charge in [-0.2, -0.15) is 0 Å². The molecule has 2 unspecified atom stereocenters. The Labute approximate surface area is 128 Å². The number of thiophene rings is 1. The molecule has 2 atom stereocenters. The van der Waals surface area contributed by atoms with E-state index in [1.807, 2.05) is 4.90 Å². The number of primary amides is 1. The first-order valence-corrected chi connectivity index (χ1v) is 7.25. The van der Waals surface area contributed by atoms with Crippen LogP contribution in [0.4, 0.5) is 0 Å². The summed E-state index contributed by atoms with van der Waals surface area (Å²) in [6.45, 7) is 3.39. The highest BCUT2D eigenvalue weighted by Crippen LogP contribution is 2.26. The predicted octanol–water partition coefficient (Wildman–Crippen LogP) is 1.47. The second kappa shape index (κ2) is 7.06. The number of hydrogen-bond donors (Lipinski definition) is 2. The monoisotopic (exact) mass is 317 g/mol. The molecule has 7 heteroatoms. The summed E-state index contributed by atoms with van der Waals surface area (Å²) in [6.07, 6.45) is 1.94. The van der Waals surface area contributed by atoms with E-state index in [0.29, 0.717) is 22.2 Å². The molecule has 1 saturated heterocycles. The van der Waals surface area contributed by atoms with Crippen LogP contribution in [0, 0.1) is 5.92 Å². The summed E-state index contributed by atoms with van der Waals surface area (Å²) >= 11 is 1.15. The van der Waals surface area contributed by atoms with Crippen molar-refractivity contribution in [1.29, 1.82) is 0 Å². The molecule has 0 radical (unpaired) electrons. The summed E-state index contributed by atoms with van der Waals surface area (Å²) in [7, 11) is 0. The highest BCUT2D eigenvalue weighted by molar-refractivity contribution is 7.15. The topological polar surface area (TPSA) is 89.4 Å². The van der Waals surface area contributed by atoms with E-state index >= 15 is 0 Å². The normalized spacial score (nSPS) is 22.2. The van der Waals surface area contributed by atoms with Crippen molar-refractivity contribution < 1.29 is 9.59 Å². The van der Waals surface area contributed by atoms with Crippen molar-refractivity contribution >= 4 is 35.6 Å². The van der Waals surface area contributed by atoms with Crippen molar-refractivity contribution in [1.82, 2.24) is 4.90 Å². The number of hydrogen-bond acceptors (Lipinski definition) is 4. The Hall–Kier alpha value is -1.11. The van der Waals surface area contributed by atoms with E-state index in [-0.39, 0.29) is 24.4 Å². The lowest BCUT2D eigenvalue weighted by molar-refractivity contribution is 0.0578. The maximum absolute atomic E-state index is 12.4. The van der Waals surface area contributed by atoms with Gasteiger partial charge < -0.3 is 16.4 Å². The second-order valence-electron chi connectivity index (χ2n) is 5.05. The number of carbonyl (C=O) groups is 2. The number of nitrogens with zero attached hydrogens (tertiary/aromatic N) is 1. The van der Waals surface area contributed by atoms with Crippen molar-refractivity contribution in [2.45, 2.75) is 25.8 Å². The van der Waals surface area contributed by atoms with E-state index in [2.05, 4.69) is 6.92 Å². The van der Waals surface area contributed by atoms with Crippen molar-refractivity contribution in [3.05, 3.63) is 21.9 Å². The third kappa shape index (κ3) is 3.50. The highest BCUT2D eigenvalue weighted by atomic mass is 35.5. The van der Waals surface area contributed by atoms with Crippen molar-refractivity contribution in [2.75, 3.05) is 13.1 Å². The van der Waals surface area contributed by atoms with E-state index in [1.165, 1.54) is 0 Å². The Bertz CT molecular complexity index is 492. The molecule has 0 bridgehead atoms. The van der Waals surface area contributed by atoms with Crippen LogP contribution in [0.1, 0.15) is 39.1 Å². The molecule has 0 aromatic carbocycles. The van der Waals surface area contributed by atoms with Crippen LogP contribution < -0.4 is 11.5 Å². The number of halogens is 1. The lowest BCUT2D eigenvalue weighted by Crippen LogP contribution is -2.49. The van der Waals surface area contributed by atoms with Crippen molar-refractivity contribution in [2.24, 2.45) is 17.4 Å². The summed E-state index contributed by atoms with van der Waals surface area (Å²) in [5.41, 5.74) is 11.0. The molecule has 4 N–H and O–H groups in total. The van der Waals surface area contributed by atoms with Crippen LogP contribution in [0.15, 0.2) is 12.1 Å². The van der Waals surface area contributed by atoms with Gasteiger partial charge in [0.25, 0.3) is 11.8 Å². The third-order valence-corrected chi connectivity index (χ3v) is 4.66. The van der Waals surface area contributed by atoms with E-state index in [0.717, 1.165) is 30.7 Å². The van der Waals surface area contributed by atoms with Gasteiger partial charge in [0.05, 0.1) is 9.75 Å². The van der Waals surface area contributed by atoms with E-state index in [9.17, 15) is 9.59 Å². The molecule has 0 spiro atoms. The van der Waals surface area contributed by atoms with Crippen molar-refractivity contribution in [3.63, 3.8) is 0 Å². The molecule has 2 heterocycles. The molecule has 5 nitrogen and oxygen atoms in total. The van der Waals surface area contributed by atoms with Gasteiger partial charge in [0, 0.05) is 19.1 Å². The average molecular weight is 318 g/mol. The number of nitrogens with two attached hydrogens (primary N) is 2. The minimum atomic E-state index is -0.494. The van der Waals surface area contributed by atoms with Gasteiger partial charge >= 0.3 is 0 Å². The van der Waals surface area contributed by atoms with Gasteiger partial charge in [0.2, 0.25) is 0 Å². The second-order valence-corrected chi connectivity index (χ2v) is 6.13. The van der Waals surface area contributed by atoms with E-state index in [4.69, 9.17) is 11.5 Å². The SMILES string of the molecule is CC1CCN(C(=O)c2ccc(C(N)=O)s2)C(CN)C1.Cl. The zero-order valence-corrected chi connectivity index (χ0v) is 13.0. The Balaban J connectivity index is 0.00000200. The smallest absolute Gasteiger partial charge is 0.264 e. The Morgan fingerprint density at radius 1 is 1.40 bits per heavy atom. The summed E-state index contributed by atoms with van der Waals surface area (Å²) in [5, 5.41) is 0. The van der Waals surface area contributed by atoms with Gasteiger partial charge in [-0.05, 0) is 30.9 Å². The molecule has 2 amide bonds. The Morgan fingerprint density at radius 3 is 2.60 bits per heavy atom. The molecule has 1 fully saturated rings. The van der Waals surface area contributed by atoms with Gasteiger partial charge in [0.15, 0.2) is 0 Å². The minimum Gasteiger partial charge on any atom is -0.365 e. The van der Waals surface area contributed by atoms with Crippen LogP contribution >= 0.6 is 23.7 Å². The number of likely N-dealkylation sites (tertiary alicyclic amines) is 1. The fourth-order valence-electron chi connectivity index (χ4n) is 2.47. The van der Waals surface area contributed by atoms with Crippen LogP contribution in [0.3, 0.4) is 0 Å². The first kappa shape index (κ1) is 16.9. The molecular weight excluding hydrogens is 298 g/mol. The lowest BCUT2D eigenvalue weighted by Gasteiger charge is -2.37. The van der Waals surface area contributed by atoms with Gasteiger partial charge in [-0.3, -0.25) is 9.59 Å². The maximum atomic E-state index is 12.4. The average Bonchev–Trinajstić information content (AvgIpc) is 2.87. The minimum absolute atomic E-state index is 0. The third-order valence-electron chi connectivity index (χ3n) is 3.57. The van der Waals surface area contributed by atoms with Crippen LogP contribution in [-0.4, -0.2) is 35.8 Å². The molecule has 1 aliphatic heterocycles. The standard InChI is InChI=1S/C13H19N3O2S.ClH/c1-8-4-5-16(9(6-8)7-14)13(18)11-3-2-10(19-11)12(15)17;/h2-3,8-9H,4-7,14H2,1H3,(H2,15,17);1H. The molecule has 0 saturated carbocycles. The largest absolute Gasteiger partial charge is 0.365 e. The molecule has 112 valence electrons. The zero-order chi connectivity index (χ0) is 14.0. The van der Waals surface area contributed by atoms with Crippen LogP contribution in [0.5, 0.6) is 0 Å². The molecule has 0 aliphatic carbocycles. The summed E-state index contributed by atoms with van der Waals surface area (Å²) in [4.78, 5) is 26.3. The first-order chi connectivity index (χ1) is 9.02. The number of amides is 2. The summed E-state index contributed by atoms with van der Waals surface area (Å²) in [5.74, 6) is 0.0636. The highest BCUT2D eigenvalue weighted by Gasteiger charge is 2.30. The number of carbonyl (C=O) groups excluding carboxylic acids is 2. The van der Waals surface area contributed by atoms with Gasteiger partial charge in [-0.1, -0.05) is 6.92 Å². The van der Waals surface area contributed by atoms with E-state index < -0.39 is 5.91 Å². The molecule has 1 aromatic heterocycles. The Morgan fingerprint density at radius 2 is 2.05 bits per heavy atom. The molecule has 1 aromatic rings. The molecule has 1 aliphatic rings. The van der Waals surface area contributed by atoms with Crippen LogP contribution in [0.25, 0.3) is 0 Å². The first-order valence-electron chi connectivity index (χ1n) is 6.43. The lowest BCUT2D eigenvalue weighted by atomic mass is 9.92.